The van der Waals surface area contributed by atoms with Crippen molar-refractivity contribution in [3.63, 3.8) is 0 Å². The van der Waals surface area contributed by atoms with Crippen molar-refractivity contribution in [3.05, 3.63) is 66.5 Å². The van der Waals surface area contributed by atoms with E-state index in [1.807, 2.05) is 35.9 Å². The number of methoxy groups -OCH3 is 1. The summed E-state index contributed by atoms with van der Waals surface area (Å²) in [7, 11) is 1.63. The Kier molecular flexibility index (Phi) is 5.20. The van der Waals surface area contributed by atoms with Crippen LogP contribution in [0.2, 0.25) is 0 Å². The fourth-order valence-corrected chi connectivity index (χ4v) is 3.70. The normalized spacial score (nSPS) is 11.5. The van der Waals surface area contributed by atoms with Gasteiger partial charge in [-0.2, -0.15) is 0 Å². The summed E-state index contributed by atoms with van der Waals surface area (Å²) in [5.41, 5.74) is 6.98. The van der Waals surface area contributed by atoms with Crippen LogP contribution in [0.4, 0.5) is 0 Å². The molecule has 2 aromatic heterocycles. The largest absolute Gasteiger partial charge is 0.495 e. The number of nitrogens with one attached hydrogen (secondary N) is 2. The number of hydrogen-bond donors (Lipinski definition) is 3. The number of imidazole rings is 1. The van der Waals surface area contributed by atoms with E-state index in [9.17, 15) is 0 Å². The number of ether oxygens (including phenoxy) is 1. The first-order valence-electron chi connectivity index (χ1n) is 9.93. The number of hydroxylamine groups is 1. The average Bonchev–Trinajstić information content (AvgIpc) is 3.18. The van der Waals surface area contributed by atoms with E-state index in [0.717, 1.165) is 33.5 Å². The predicted molar refractivity (Wildman–Crippen MR) is 122 cm³/mol. The van der Waals surface area contributed by atoms with Gasteiger partial charge in [-0.15, -0.1) is 0 Å². The molecule has 0 unspecified atom stereocenters. The fourth-order valence-electron chi connectivity index (χ4n) is 3.70. The summed E-state index contributed by atoms with van der Waals surface area (Å²) in [6.45, 7) is 6.41. The van der Waals surface area contributed by atoms with E-state index < -0.39 is 0 Å². The predicted octanol–water partition coefficient (Wildman–Crippen LogP) is 4.83. The molecule has 4 aromatic rings. The van der Waals surface area contributed by atoms with Gasteiger partial charge in [-0.1, -0.05) is 24.3 Å². The zero-order chi connectivity index (χ0) is 22.2. The number of amidine groups is 1. The van der Waals surface area contributed by atoms with Gasteiger partial charge in [0.15, 0.2) is 0 Å². The van der Waals surface area contributed by atoms with Crippen molar-refractivity contribution in [1.29, 1.82) is 5.41 Å². The van der Waals surface area contributed by atoms with Crippen LogP contribution in [0, 0.1) is 5.41 Å². The van der Waals surface area contributed by atoms with E-state index in [4.69, 9.17) is 20.3 Å². The van der Waals surface area contributed by atoms with Gasteiger partial charge < -0.3 is 9.30 Å². The first-order valence-corrected chi connectivity index (χ1v) is 9.93. The highest BCUT2D eigenvalue weighted by Crippen LogP contribution is 2.34. The average molecular weight is 415 g/mol. The van der Waals surface area contributed by atoms with E-state index in [-0.39, 0.29) is 11.4 Å². The summed E-state index contributed by atoms with van der Waals surface area (Å²) in [4.78, 5) is 9.22. The van der Waals surface area contributed by atoms with Gasteiger partial charge in [0.25, 0.3) is 0 Å². The molecular weight excluding hydrogens is 390 g/mol. The monoisotopic (exact) mass is 415 g/mol. The summed E-state index contributed by atoms with van der Waals surface area (Å²) in [6, 6.07) is 15.6. The molecule has 7 nitrogen and oxygen atoms in total. The van der Waals surface area contributed by atoms with E-state index in [0.29, 0.717) is 11.3 Å². The standard InChI is InChI=1S/C24H25N5O2/c1-24(2,3)29-21-9-8-15(18-11-19(31-4)14-26-13-18)12-20(21)27-23(29)17-7-5-6-16(10-17)22(25)28-30/h5-14,30H,1-4H3,(H2,25,28). The molecule has 3 N–H and O–H groups in total. The number of hydrogen-bond acceptors (Lipinski definition) is 5. The first-order chi connectivity index (χ1) is 14.8. The molecule has 31 heavy (non-hydrogen) atoms. The van der Waals surface area contributed by atoms with Crippen molar-refractivity contribution >= 4 is 16.9 Å². The quantitative estimate of drug-likeness (QED) is 0.252. The highest BCUT2D eigenvalue weighted by molar-refractivity contribution is 5.96. The van der Waals surface area contributed by atoms with Gasteiger partial charge in [-0.25, -0.2) is 4.98 Å². The minimum absolute atomic E-state index is 0.0620. The molecule has 0 radical (unpaired) electrons. The van der Waals surface area contributed by atoms with E-state index in [1.165, 1.54) is 0 Å². The Balaban J connectivity index is 1.91. The molecule has 0 aliphatic carbocycles. The third-order valence-corrected chi connectivity index (χ3v) is 5.13. The maximum Gasteiger partial charge on any atom is 0.149 e. The van der Waals surface area contributed by atoms with E-state index in [2.05, 4.69) is 48.5 Å². The van der Waals surface area contributed by atoms with Crippen LogP contribution in [0.3, 0.4) is 0 Å². The van der Waals surface area contributed by atoms with Crippen molar-refractivity contribution in [1.82, 2.24) is 20.0 Å². The smallest absolute Gasteiger partial charge is 0.149 e. The zero-order valence-corrected chi connectivity index (χ0v) is 18.0. The van der Waals surface area contributed by atoms with Crippen LogP contribution < -0.4 is 10.2 Å². The Morgan fingerprint density at radius 2 is 1.84 bits per heavy atom. The van der Waals surface area contributed by atoms with Crippen LogP contribution in [-0.2, 0) is 5.54 Å². The molecule has 0 spiro atoms. The molecule has 2 aromatic carbocycles. The summed E-state index contributed by atoms with van der Waals surface area (Å²) in [6.07, 6.45) is 3.49. The maximum atomic E-state index is 9.11. The third-order valence-electron chi connectivity index (χ3n) is 5.13. The summed E-state index contributed by atoms with van der Waals surface area (Å²) in [5, 5.41) is 17.0. The van der Waals surface area contributed by atoms with Crippen LogP contribution in [0.1, 0.15) is 26.3 Å². The molecule has 4 rings (SSSR count). The lowest BCUT2D eigenvalue weighted by Gasteiger charge is -2.25. The van der Waals surface area contributed by atoms with E-state index >= 15 is 0 Å². The zero-order valence-electron chi connectivity index (χ0n) is 18.0. The SMILES string of the molecule is COc1cncc(-c2ccc3c(c2)nc(-c2cccc(C(=N)NO)c2)n3C(C)(C)C)c1. The van der Waals surface area contributed by atoms with Crippen LogP contribution in [0.25, 0.3) is 33.5 Å². The first kappa shape index (κ1) is 20.6. The Hall–Kier alpha value is -3.71. The summed E-state index contributed by atoms with van der Waals surface area (Å²) < 4.78 is 7.51. The molecule has 0 bridgehead atoms. The molecule has 0 saturated heterocycles. The van der Waals surface area contributed by atoms with Gasteiger partial charge in [0.1, 0.15) is 17.4 Å². The van der Waals surface area contributed by atoms with Gasteiger partial charge in [-0.05, 0) is 50.6 Å². The van der Waals surface area contributed by atoms with Gasteiger partial charge in [0.05, 0.1) is 24.3 Å². The molecule has 0 amide bonds. The molecular formula is C24H25N5O2. The fraction of sp³-hybridized carbons (Fsp3) is 0.208. The number of aromatic nitrogens is 3. The Morgan fingerprint density at radius 3 is 2.55 bits per heavy atom. The Labute approximate surface area is 180 Å². The summed E-state index contributed by atoms with van der Waals surface area (Å²) >= 11 is 0. The van der Waals surface area contributed by atoms with Crippen LogP contribution in [0.15, 0.2) is 60.9 Å². The maximum absolute atomic E-state index is 9.11. The lowest BCUT2D eigenvalue weighted by atomic mass is 10.0. The molecule has 0 aliphatic rings. The molecule has 7 heteroatoms. The third kappa shape index (κ3) is 3.87. The lowest BCUT2D eigenvalue weighted by Crippen LogP contribution is -2.23. The van der Waals surface area contributed by atoms with Crippen LogP contribution >= 0.6 is 0 Å². The van der Waals surface area contributed by atoms with Gasteiger partial charge in [0.2, 0.25) is 0 Å². The van der Waals surface area contributed by atoms with Crippen molar-refractivity contribution in [2.45, 2.75) is 26.3 Å². The highest BCUT2D eigenvalue weighted by atomic mass is 16.5. The number of rotatable bonds is 4. The van der Waals surface area contributed by atoms with Gasteiger partial charge in [-0.3, -0.25) is 21.1 Å². The molecule has 0 saturated carbocycles. The minimum Gasteiger partial charge on any atom is -0.495 e. The summed E-state index contributed by atoms with van der Waals surface area (Å²) in [5.74, 6) is 1.44. The molecule has 158 valence electrons. The van der Waals surface area contributed by atoms with Gasteiger partial charge >= 0.3 is 0 Å². The molecule has 2 heterocycles. The van der Waals surface area contributed by atoms with Crippen molar-refractivity contribution in [3.8, 4) is 28.3 Å². The van der Waals surface area contributed by atoms with Crippen molar-refractivity contribution in [2.24, 2.45) is 0 Å². The van der Waals surface area contributed by atoms with E-state index in [1.54, 1.807) is 19.4 Å². The van der Waals surface area contributed by atoms with Gasteiger partial charge in [0, 0.05) is 28.4 Å². The second-order valence-corrected chi connectivity index (χ2v) is 8.33. The molecule has 0 atom stereocenters. The minimum atomic E-state index is -0.220. The van der Waals surface area contributed by atoms with Crippen molar-refractivity contribution < 1.29 is 9.94 Å². The molecule has 0 fully saturated rings. The second-order valence-electron chi connectivity index (χ2n) is 8.33. The number of fused-ring (bicyclic) bond motifs is 1. The highest BCUT2D eigenvalue weighted by Gasteiger charge is 2.23. The molecule has 0 aliphatic heterocycles. The topological polar surface area (TPSA) is 96.1 Å². The Bertz CT molecular complexity index is 1270. The Morgan fingerprint density at radius 1 is 1.03 bits per heavy atom. The second kappa shape index (κ2) is 7.85. The number of pyridine rings is 1. The van der Waals surface area contributed by atoms with Crippen LogP contribution in [0.5, 0.6) is 5.75 Å². The van der Waals surface area contributed by atoms with Crippen LogP contribution in [-0.4, -0.2) is 32.7 Å². The van der Waals surface area contributed by atoms with Crippen molar-refractivity contribution in [2.75, 3.05) is 7.11 Å². The number of nitrogens with zero attached hydrogens (tertiary/aromatic N) is 3. The number of benzene rings is 2. The lowest BCUT2D eigenvalue weighted by molar-refractivity contribution is 0.234.